The lowest BCUT2D eigenvalue weighted by molar-refractivity contribution is -0.147. The number of aliphatic carboxylic acids is 1. The van der Waals surface area contributed by atoms with Crippen LogP contribution in [0.15, 0.2) is 30.3 Å². The van der Waals surface area contributed by atoms with Crippen LogP contribution in [0.3, 0.4) is 0 Å². The van der Waals surface area contributed by atoms with Crippen molar-refractivity contribution in [3.8, 4) is 0 Å². The van der Waals surface area contributed by atoms with Gasteiger partial charge in [-0.05, 0) is 44.6 Å². The number of likely N-dealkylation sites (tertiary alicyclic amines) is 1. The second-order valence-electron chi connectivity index (χ2n) is 7.72. The number of amides is 1. The van der Waals surface area contributed by atoms with E-state index in [1.54, 1.807) is 11.8 Å². The Morgan fingerprint density at radius 3 is 2.70 bits per heavy atom. The maximum absolute atomic E-state index is 13.1. The number of hydrogen-bond acceptors (Lipinski definition) is 5. The number of carbonyl (C=O) groups is 3. The molecule has 166 valence electrons. The van der Waals surface area contributed by atoms with Crippen LogP contribution in [0, 0.1) is 0 Å². The molecule has 7 heteroatoms. The smallest absolute Gasteiger partial charge is 0.323 e. The highest BCUT2D eigenvalue weighted by atomic mass is 16.5. The Morgan fingerprint density at radius 1 is 1.23 bits per heavy atom. The Balaban J connectivity index is 2.04. The van der Waals surface area contributed by atoms with Gasteiger partial charge in [0.05, 0.1) is 12.6 Å². The predicted molar refractivity (Wildman–Crippen MR) is 114 cm³/mol. The standard InChI is InChI=1S/C23H34N2O5/c1-2-30-23(29)20(15-14-18-10-5-3-6-11-18)24-19-12-7-4-8-16-25(22(19)28)17-9-13-21(26)27/h3,5-6,10-11,19-20,24H,2,4,7-9,12-17H2,1H3,(H,26,27). The van der Waals surface area contributed by atoms with Gasteiger partial charge < -0.3 is 14.7 Å². The third-order valence-corrected chi connectivity index (χ3v) is 5.39. The van der Waals surface area contributed by atoms with Crippen LogP contribution in [0.1, 0.15) is 57.4 Å². The van der Waals surface area contributed by atoms with Crippen LogP contribution in [0.25, 0.3) is 0 Å². The molecule has 1 heterocycles. The number of ether oxygens (including phenoxy) is 1. The molecule has 1 aliphatic heterocycles. The van der Waals surface area contributed by atoms with Crippen molar-refractivity contribution < 1.29 is 24.2 Å². The molecule has 0 radical (unpaired) electrons. The molecular formula is C23H34N2O5. The Bertz CT molecular complexity index is 679. The van der Waals surface area contributed by atoms with E-state index in [-0.39, 0.29) is 18.3 Å². The first kappa shape index (κ1) is 23.9. The average molecular weight is 419 g/mol. The molecule has 0 spiro atoms. The van der Waals surface area contributed by atoms with Gasteiger partial charge in [-0.25, -0.2) is 0 Å². The number of hydrogen-bond donors (Lipinski definition) is 2. The predicted octanol–water partition coefficient (Wildman–Crippen LogP) is 2.78. The number of esters is 1. The Morgan fingerprint density at radius 2 is 2.00 bits per heavy atom. The van der Waals surface area contributed by atoms with E-state index in [2.05, 4.69) is 5.32 Å². The van der Waals surface area contributed by atoms with Gasteiger partial charge >= 0.3 is 11.9 Å². The highest BCUT2D eigenvalue weighted by molar-refractivity contribution is 5.83. The summed E-state index contributed by atoms with van der Waals surface area (Å²) >= 11 is 0. The number of rotatable bonds is 11. The molecule has 1 saturated heterocycles. The lowest BCUT2D eigenvalue weighted by atomic mass is 10.00. The molecule has 1 fully saturated rings. The maximum Gasteiger partial charge on any atom is 0.323 e. The Hall–Kier alpha value is -2.41. The zero-order valence-corrected chi connectivity index (χ0v) is 17.8. The van der Waals surface area contributed by atoms with Gasteiger partial charge in [-0.2, -0.15) is 0 Å². The molecule has 0 aromatic heterocycles. The second-order valence-corrected chi connectivity index (χ2v) is 7.72. The van der Waals surface area contributed by atoms with E-state index >= 15 is 0 Å². The van der Waals surface area contributed by atoms with Crippen LogP contribution >= 0.6 is 0 Å². The van der Waals surface area contributed by atoms with Gasteiger partial charge in [0.1, 0.15) is 6.04 Å². The van der Waals surface area contributed by atoms with Crippen LogP contribution in [-0.2, 0) is 25.5 Å². The quantitative estimate of drug-likeness (QED) is 0.537. The molecule has 30 heavy (non-hydrogen) atoms. The molecule has 0 aliphatic carbocycles. The van der Waals surface area contributed by atoms with Gasteiger partial charge in [0.25, 0.3) is 0 Å². The van der Waals surface area contributed by atoms with Crippen molar-refractivity contribution in [3.63, 3.8) is 0 Å². The van der Waals surface area contributed by atoms with Crippen molar-refractivity contribution in [2.45, 2.75) is 70.4 Å². The fourth-order valence-electron chi connectivity index (χ4n) is 3.79. The number of carboxylic acids is 1. The Labute approximate surface area is 178 Å². The van der Waals surface area contributed by atoms with Gasteiger partial charge in [-0.1, -0.05) is 43.2 Å². The monoisotopic (exact) mass is 418 g/mol. The first-order valence-electron chi connectivity index (χ1n) is 11.0. The highest BCUT2D eigenvalue weighted by Crippen LogP contribution is 2.16. The number of aryl methyl sites for hydroxylation is 1. The first-order valence-corrected chi connectivity index (χ1v) is 11.0. The fourth-order valence-corrected chi connectivity index (χ4v) is 3.79. The van der Waals surface area contributed by atoms with Gasteiger partial charge in [0.15, 0.2) is 0 Å². The molecule has 1 amide bonds. The highest BCUT2D eigenvalue weighted by Gasteiger charge is 2.30. The molecule has 2 atom stereocenters. The zero-order chi connectivity index (χ0) is 21.8. The summed E-state index contributed by atoms with van der Waals surface area (Å²) in [7, 11) is 0. The largest absolute Gasteiger partial charge is 0.481 e. The van der Waals surface area contributed by atoms with Gasteiger partial charge in [-0.15, -0.1) is 0 Å². The third kappa shape index (κ3) is 8.14. The van der Waals surface area contributed by atoms with Crippen molar-refractivity contribution >= 4 is 17.8 Å². The summed E-state index contributed by atoms with van der Waals surface area (Å²) in [5, 5.41) is 12.2. The van der Waals surface area contributed by atoms with Crippen LogP contribution in [0.5, 0.6) is 0 Å². The minimum absolute atomic E-state index is 0.0460. The molecule has 1 aliphatic rings. The van der Waals surface area contributed by atoms with Crippen molar-refractivity contribution in [1.82, 2.24) is 10.2 Å². The second kappa shape index (κ2) is 13.0. The molecule has 2 N–H and O–H groups in total. The zero-order valence-electron chi connectivity index (χ0n) is 17.8. The van der Waals surface area contributed by atoms with Gasteiger partial charge in [0, 0.05) is 19.5 Å². The Kier molecular flexibility index (Phi) is 10.3. The maximum atomic E-state index is 13.1. The van der Waals surface area contributed by atoms with Crippen molar-refractivity contribution in [2.75, 3.05) is 19.7 Å². The minimum Gasteiger partial charge on any atom is -0.481 e. The van der Waals surface area contributed by atoms with E-state index in [4.69, 9.17) is 9.84 Å². The van der Waals surface area contributed by atoms with Crippen molar-refractivity contribution in [1.29, 1.82) is 0 Å². The van der Waals surface area contributed by atoms with Crippen LogP contribution < -0.4 is 5.32 Å². The van der Waals surface area contributed by atoms with E-state index < -0.39 is 18.1 Å². The van der Waals surface area contributed by atoms with Crippen LogP contribution in [-0.4, -0.2) is 59.6 Å². The SMILES string of the molecule is CCOC(=O)C(CCc1ccccc1)NC1CCCCCN(CCCC(=O)O)C1=O. The molecule has 0 saturated carbocycles. The lowest BCUT2D eigenvalue weighted by Crippen LogP contribution is -2.53. The summed E-state index contributed by atoms with van der Waals surface area (Å²) in [4.78, 5) is 38.2. The average Bonchev–Trinajstić information content (AvgIpc) is 2.72. The minimum atomic E-state index is -0.854. The van der Waals surface area contributed by atoms with E-state index in [0.717, 1.165) is 24.8 Å². The summed E-state index contributed by atoms with van der Waals surface area (Å²) in [6, 6.07) is 8.92. The lowest BCUT2D eigenvalue weighted by Gasteiger charge is -2.32. The molecule has 1 aromatic carbocycles. The summed E-state index contributed by atoms with van der Waals surface area (Å²) < 4.78 is 5.25. The number of nitrogens with one attached hydrogen (secondary N) is 1. The number of nitrogens with zero attached hydrogens (tertiary/aromatic N) is 1. The summed E-state index contributed by atoms with van der Waals surface area (Å²) in [5.41, 5.74) is 1.13. The normalized spacial score (nSPS) is 18.4. The molecular weight excluding hydrogens is 384 g/mol. The topological polar surface area (TPSA) is 95.9 Å². The van der Waals surface area contributed by atoms with E-state index in [9.17, 15) is 14.4 Å². The number of benzene rings is 1. The molecule has 0 bridgehead atoms. The summed E-state index contributed by atoms with van der Waals surface area (Å²) in [5.74, 6) is -1.23. The first-order chi connectivity index (χ1) is 14.5. The van der Waals surface area contributed by atoms with Crippen LogP contribution in [0.4, 0.5) is 0 Å². The van der Waals surface area contributed by atoms with Gasteiger partial charge in [0.2, 0.25) is 5.91 Å². The van der Waals surface area contributed by atoms with E-state index in [0.29, 0.717) is 45.4 Å². The van der Waals surface area contributed by atoms with Crippen molar-refractivity contribution in [2.24, 2.45) is 0 Å². The number of carbonyl (C=O) groups excluding carboxylic acids is 2. The number of carboxylic acid groups (broad SMARTS) is 1. The molecule has 1 aromatic rings. The molecule has 7 nitrogen and oxygen atoms in total. The van der Waals surface area contributed by atoms with E-state index in [1.807, 2.05) is 30.3 Å². The fraction of sp³-hybridized carbons (Fsp3) is 0.609. The summed E-state index contributed by atoms with van der Waals surface area (Å²) in [6.07, 6.45) is 5.24. The van der Waals surface area contributed by atoms with Gasteiger partial charge in [-0.3, -0.25) is 19.7 Å². The van der Waals surface area contributed by atoms with E-state index in [1.165, 1.54) is 0 Å². The molecule has 2 unspecified atom stereocenters. The summed E-state index contributed by atoms with van der Waals surface area (Å²) in [6.45, 7) is 3.13. The third-order valence-electron chi connectivity index (χ3n) is 5.39. The molecule has 2 rings (SSSR count). The van der Waals surface area contributed by atoms with Crippen LogP contribution in [0.2, 0.25) is 0 Å². The van der Waals surface area contributed by atoms with Crippen molar-refractivity contribution in [3.05, 3.63) is 35.9 Å².